The molecule has 0 fully saturated rings. The molecule has 0 bridgehead atoms. The van der Waals surface area contributed by atoms with E-state index in [0.29, 0.717) is 6.04 Å². The molecule has 192 valence electrons. The van der Waals surface area contributed by atoms with Crippen molar-refractivity contribution < 1.29 is 23.9 Å². The fourth-order valence-electron chi connectivity index (χ4n) is 0.450. The molecular weight excluding hydrogens is 454 g/mol. The highest BCUT2D eigenvalue weighted by Gasteiger charge is 1.93. The van der Waals surface area contributed by atoms with Gasteiger partial charge in [-0.05, 0) is 6.04 Å². The lowest BCUT2D eigenvalue weighted by Crippen LogP contribution is -2.24. The zero-order valence-corrected chi connectivity index (χ0v) is 21.2. The summed E-state index contributed by atoms with van der Waals surface area (Å²) in [6.45, 7) is 21.6. The predicted octanol–water partition coefficient (Wildman–Crippen LogP) is 4.68. The third kappa shape index (κ3) is 478. The van der Waals surface area contributed by atoms with E-state index in [9.17, 15) is 19.2 Å². The Hall–Kier alpha value is -2.72. The summed E-state index contributed by atoms with van der Waals surface area (Å²) < 4.78 is 3.97. The number of amides is 2. The fourth-order valence-corrected chi connectivity index (χ4v) is 0.450. The molecule has 0 aromatic carbocycles. The summed E-state index contributed by atoms with van der Waals surface area (Å²) in [7, 11) is 0. The SMILES string of the molecule is C.C#C.C=C.C=CC=C.CC(=O)NC(C)=O.CC(=O)OC(C)=O.CC(C)N.N.N=N.SS. The minimum atomic E-state index is -0.562. The first-order valence-electron chi connectivity index (χ1n) is 7.65. The third-order valence-corrected chi connectivity index (χ3v) is 0.806. The number of nitrogens with two attached hydrogens (primary N) is 1. The number of carbonyl (C=O) groups excluding carboxylic acids is 4. The van der Waals surface area contributed by atoms with Gasteiger partial charge in [0.05, 0.1) is 0 Å². The van der Waals surface area contributed by atoms with Gasteiger partial charge in [0.25, 0.3) is 0 Å². The number of thiol groups is 2. The molecule has 0 aliphatic rings. The summed E-state index contributed by atoms with van der Waals surface area (Å²) in [5, 5.41) is 2.03. The van der Waals surface area contributed by atoms with E-state index in [1.165, 1.54) is 27.7 Å². The molecule has 0 radical (unpaired) electrons. The molecule has 0 atom stereocenters. The molecular formula is C20H45N5O5S2. The van der Waals surface area contributed by atoms with Gasteiger partial charge < -0.3 is 16.6 Å². The van der Waals surface area contributed by atoms with Crippen LogP contribution < -0.4 is 17.2 Å². The maximum absolute atomic E-state index is 9.92. The molecule has 0 heterocycles. The average Bonchev–Trinajstić information content (AvgIpc) is 2.66. The molecule has 0 unspecified atom stereocenters. The van der Waals surface area contributed by atoms with Crippen LogP contribution in [-0.2, 0) is 23.9 Å². The van der Waals surface area contributed by atoms with Gasteiger partial charge in [0, 0.05) is 27.7 Å². The maximum Gasteiger partial charge on any atom is 0.310 e. The van der Waals surface area contributed by atoms with E-state index in [1.54, 1.807) is 12.2 Å². The first kappa shape index (κ1) is 63.0. The van der Waals surface area contributed by atoms with Crippen molar-refractivity contribution in [2.45, 2.75) is 55.0 Å². The maximum atomic E-state index is 9.92. The molecule has 0 aromatic rings. The summed E-state index contributed by atoms with van der Waals surface area (Å²) >= 11 is 6.44. The van der Waals surface area contributed by atoms with E-state index in [1.807, 2.05) is 19.2 Å². The van der Waals surface area contributed by atoms with E-state index in [0.717, 1.165) is 0 Å². The van der Waals surface area contributed by atoms with Crippen LogP contribution in [0.1, 0.15) is 49.0 Å². The summed E-state index contributed by atoms with van der Waals surface area (Å²) in [6.07, 6.45) is 11.3. The van der Waals surface area contributed by atoms with Gasteiger partial charge in [-0.1, -0.05) is 46.6 Å². The van der Waals surface area contributed by atoms with Crippen LogP contribution in [-0.4, -0.2) is 29.8 Å². The predicted molar refractivity (Wildman–Crippen MR) is 143 cm³/mol. The molecule has 12 heteroatoms. The van der Waals surface area contributed by atoms with Crippen LogP contribution in [0.2, 0.25) is 0 Å². The number of hydrogen-bond acceptors (Lipinski definition) is 11. The molecule has 10 nitrogen and oxygen atoms in total. The topological polar surface area (TPSA) is 198 Å². The Morgan fingerprint density at radius 3 is 1.06 bits per heavy atom. The largest absolute Gasteiger partial charge is 0.394 e. The molecule has 2 amide bonds. The van der Waals surface area contributed by atoms with E-state index in [4.69, 9.17) is 16.8 Å². The molecule has 0 aliphatic carbocycles. The molecule has 0 saturated heterocycles. The van der Waals surface area contributed by atoms with Gasteiger partial charge in [-0.25, -0.2) is 11.1 Å². The van der Waals surface area contributed by atoms with Gasteiger partial charge >= 0.3 is 11.9 Å². The standard InChI is InChI=1S/C4H7NO2.C4H6O3.C4H6.C3H9N.C2H4.C2H2.CH4.H2N2.H3N.H2S2/c1-3(6)5-4(2)7;1-3(5)7-4(2)6;1-3-4-2;1-3(2)4;2*1-2;;1-2;;1-2/h1-2H3,(H,5,6,7);1-2H3;3-4H,1-2H2;3H,4H2,1-2H3;1-2H2;1-2H;1H4;1-2H;1H3;1-2H. The number of allylic oxidation sites excluding steroid dienone is 2. The Kier molecular flexibility index (Phi) is 156. The van der Waals surface area contributed by atoms with E-state index >= 15 is 0 Å². The minimum Gasteiger partial charge on any atom is -0.394 e. The summed E-state index contributed by atoms with van der Waals surface area (Å²) in [5.74, 6) is -1.75. The van der Waals surface area contributed by atoms with Gasteiger partial charge in [-0.15, -0.1) is 49.3 Å². The summed E-state index contributed by atoms with van der Waals surface area (Å²) in [6, 6.07) is 0.333. The lowest BCUT2D eigenvalue weighted by Gasteiger charge is -1.88. The quantitative estimate of drug-likeness (QED) is 0.0396. The van der Waals surface area contributed by atoms with Crippen LogP contribution >= 0.6 is 23.3 Å². The number of terminal acetylenes is 1. The van der Waals surface area contributed by atoms with E-state index in [2.05, 4.69) is 67.2 Å². The number of ether oxygens (including phenoxy) is 1. The second-order valence-electron chi connectivity index (χ2n) is 4.04. The zero-order chi connectivity index (χ0) is 26.7. The van der Waals surface area contributed by atoms with Gasteiger partial charge in [0.2, 0.25) is 11.8 Å². The van der Waals surface area contributed by atoms with Crippen molar-refractivity contribution in [2.24, 2.45) is 5.73 Å². The Morgan fingerprint density at radius 1 is 0.906 bits per heavy atom. The second-order valence-corrected chi connectivity index (χ2v) is 4.04. The third-order valence-electron chi connectivity index (χ3n) is 0.806. The number of rotatable bonds is 1. The normalized spacial score (nSPS) is 5.62. The van der Waals surface area contributed by atoms with Crippen LogP contribution in [0.5, 0.6) is 0 Å². The van der Waals surface area contributed by atoms with Crippen molar-refractivity contribution in [1.82, 2.24) is 11.5 Å². The highest BCUT2D eigenvalue weighted by molar-refractivity contribution is 8.59. The van der Waals surface area contributed by atoms with Crippen LogP contribution in [0, 0.1) is 23.9 Å². The highest BCUT2D eigenvalue weighted by atomic mass is 33.1. The van der Waals surface area contributed by atoms with Crippen molar-refractivity contribution >= 4 is 47.1 Å². The summed E-state index contributed by atoms with van der Waals surface area (Å²) in [4.78, 5) is 39.5. The number of imide groups is 1. The van der Waals surface area contributed by atoms with Crippen molar-refractivity contribution in [2.75, 3.05) is 0 Å². The monoisotopic (exact) mass is 499 g/mol. The molecule has 0 rings (SSSR count). The van der Waals surface area contributed by atoms with Crippen molar-refractivity contribution in [3.63, 3.8) is 0 Å². The van der Waals surface area contributed by atoms with Crippen LogP contribution in [0.15, 0.2) is 38.5 Å². The fraction of sp³-hybridized carbons (Fsp3) is 0.400. The first-order chi connectivity index (χ1) is 13.9. The Bertz CT molecular complexity index is 387. The lowest BCUT2D eigenvalue weighted by atomic mass is 10.5. The van der Waals surface area contributed by atoms with Gasteiger partial charge in [0.15, 0.2) is 0 Å². The Balaban J connectivity index is -0.0000000228. The lowest BCUT2D eigenvalue weighted by molar-refractivity contribution is -0.156. The van der Waals surface area contributed by atoms with Gasteiger partial charge in [-0.3, -0.25) is 24.5 Å². The van der Waals surface area contributed by atoms with E-state index < -0.39 is 11.9 Å². The minimum absolute atomic E-state index is 0. The Morgan fingerprint density at radius 2 is 1.06 bits per heavy atom. The number of carbonyl (C=O) groups is 4. The number of nitrogens with one attached hydrogen (secondary N) is 3. The number of esters is 2. The van der Waals surface area contributed by atoms with Crippen molar-refractivity contribution in [3.05, 3.63) is 38.5 Å². The summed E-state index contributed by atoms with van der Waals surface area (Å²) in [5.41, 5.74) is 15.1. The molecule has 32 heavy (non-hydrogen) atoms. The Labute approximate surface area is 205 Å². The van der Waals surface area contributed by atoms with Crippen molar-refractivity contribution in [1.29, 1.82) is 11.1 Å². The molecule has 0 spiro atoms. The van der Waals surface area contributed by atoms with Gasteiger partial charge in [0.1, 0.15) is 0 Å². The van der Waals surface area contributed by atoms with Crippen LogP contribution in [0.3, 0.4) is 0 Å². The molecule has 0 aliphatic heterocycles. The smallest absolute Gasteiger partial charge is 0.310 e. The van der Waals surface area contributed by atoms with Crippen LogP contribution in [0.4, 0.5) is 0 Å². The average molecular weight is 500 g/mol. The van der Waals surface area contributed by atoms with Gasteiger partial charge in [-0.2, -0.15) is 0 Å². The van der Waals surface area contributed by atoms with Crippen molar-refractivity contribution in [3.8, 4) is 12.8 Å². The van der Waals surface area contributed by atoms with Crippen LogP contribution in [0.25, 0.3) is 0 Å². The zero-order valence-electron chi connectivity index (χ0n) is 19.4. The molecule has 0 saturated carbocycles. The number of hydrogen-bond donors (Lipinski definition) is 7. The molecule has 8 N–H and O–H groups in total. The van der Waals surface area contributed by atoms with E-state index in [-0.39, 0.29) is 25.4 Å². The highest BCUT2D eigenvalue weighted by Crippen LogP contribution is 1.73. The second kappa shape index (κ2) is 79.4. The first-order valence-corrected chi connectivity index (χ1v) is 9.25. The molecule has 0 aromatic heterocycles.